The summed E-state index contributed by atoms with van der Waals surface area (Å²) in [4.78, 5) is 24.6. The number of unbranched alkanes of at least 4 members (excludes halogenated alkanes) is 61. The van der Waals surface area contributed by atoms with Gasteiger partial charge in [-0.1, -0.05) is 406 Å². The van der Waals surface area contributed by atoms with Gasteiger partial charge in [0.1, 0.15) is 0 Å². The van der Waals surface area contributed by atoms with Gasteiger partial charge >= 0.3 is 5.97 Å². The number of amides is 1. The molecule has 6 heteroatoms. The molecule has 0 rings (SSSR count). The van der Waals surface area contributed by atoms with Crippen LogP contribution in [0.15, 0.2) is 0 Å². The topological polar surface area (TPSA) is 95.9 Å². The first-order valence-electron chi connectivity index (χ1n) is 37.8. The first-order chi connectivity index (χ1) is 40.0. The SMILES string of the molecule is CCCCCCCCCCCCCCCCCCCC(=O)OCCCCCCCCCCCCCCCCCCCCCCCCCCCCCCCCCCCCCCCC(=O)NC(CO)C(O)CCCCCCCCCCCC. The Balaban J connectivity index is 3.25. The van der Waals surface area contributed by atoms with Gasteiger partial charge in [-0.05, 0) is 25.7 Å². The largest absolute Gasteiger partial charge is 0.466 e. The summed E-state index contributed by atoms with van der Waals surface area (Å²) in [6.07, 6.45) is 87.8. The fourth-order valence-electron chi connectivity index (χ4n) is 12.4. The molecule has 81 heavy (non-hydrogen) atoms. The number of rotatable bonds is 72. The lowest BCUT2D eigenvalue weighted by Crippen LogP contribution is -2.45. The smallest absolute Gasteiger partial charge is 0.305 e. The van der Waals surface area contributed by atoms with Gasteiger partial charge in [0.15, 0.2) is 0 Å². The molecule has 0 aliphatic rings. The van der Waals surface area contributed by atoms with Crippen molar-refractivity contribution < 1.29 is 24.5 Å². The summed E-state index contributed by atoms with van der Waals surface area (Å²) < 4.78 is 5.52. The molecule has 3 N–H and O–H groups in total. The predicted molar refractivity (Wildman–Crippen MR) is 357 cm³/mol. The molecule has 0 aliphatic heterocycles. The molecule has 6 nitrogen and oxygen atoms in total. The van der Waals surface area contributed by atoms with Gasteiger partial charge in [0.25, 0.3) is 0 Å². The minimum Gasteiger partial charge on any atom is -0.466 e. The lowest BCUT2D eigenvalue weighted by atomic mass is 10.0. The fourth-order valence-corrected chi connectivity index (χ4v) is 12.4. The molecule has 0 radical (unpaired) electrons. The number of aliphatic hydroxyl groups is 2. The third-order valence-corrected chi connectivity index (χ3v) is 18.2. The maximum atomic E-state index is 12.5. The lowest BCUT2D eigenvalue weighted by Gasteiger charge is -2.22. The first-order valence-corrected chi connectivity index (χ1v) is 37.8. The molecule has 0 aromatic heterocycles. The van der Waals surface area contributed by atoms with Crippen molar-refractivity contribution in [2.24, 2.45) is 0 Å². The Morgan fingerprint density at radius 3 is 0.753 bits per heavy atom. The fraction of sp³-hybridized carbons (Fsp3) is 0.973. The van der Waals surface area contributed by atoms with Gasteiger partial charge < -0.3 is 20.3 Å². The second kappa shape index (κ2) is 71.3. The number of hydrogen-bond acceptors (Lipinski definition) is 5. The number of nitrogens with one attached hydrogen (secondary N) is 1. The van der Waals surface area contributed by atoms with E-state index in [0.29, 0.717) is 25.9 Å². The zero-order chi connectivity index (χ0) is 58.5. The van der Waals surface area contributed by atoms with Crippen LogP contribution in [0, 0.1) is 0 Å². The van der Waals surface area contributed by atoms with E-state index in [9.17, 15) is 19.8 Å². The van der Waals surface area contributed by atoms with Crippen LogP contribution in [-0.4, -0.2) is 47.4 Å². The number of esters is 1. The molecule has 0 spiro atoms. The number of ether oxygens (including phenoxy) is 1. The molecule has 0 saturated carbocycles. The van der Waals surface area contributed by atoms with E-state index >= 15 is 0 Å². The zero-order valence-corrected chi connectivity index (χ0v) is 55.6. The molecule has 0 aliphatic carbocycles. The third kappa shape index (κ3) is 67.9. The molecule has 0 saturated heterocycles. The van der Waals surface area contributed by atoms with Crippen LogP contribution in [0.3, 0.4) is 0 Å². The summed E-state index contributed by atoms with van der Waals surface area (Å²) >= 11 is 0. The lowest BCUT2D eigenvalue weighted by molar-refractivity contribution is -0.143. The monoisotopic (exact) mass is 1140 g/mol. The van der Waals surface area contributed by atoms with E-state index in [-0.39, 0.29) is 18.5 Å². The van der Waals surface area contributed by atoms with E-state index in [4.69, 9.17) is 4.74 Å². The summed E-state index contributed by atoms with van der Waals surface area (Å²) in [6, 6.07) is -0.534. The minimum absolute atomic E-state index is 0.0281. The molecule has 1 amide bonds. The molecule has 0 aromatic rings. The number of hydrogen-bond donors (Lipinski definition) is 3. The van der Waals surface area contributed by atoms with Crippen molar-refractivity contribution in [1.29, 1.82) is 0 Å². The van der Waals surface area contributed by atoms with Crippen LogP contribution in [-0.2, 0) is 14.3 Å². The Bertz CT molecular complexity index is 1180. The summed E-state index contributed by atoms with van der Waals surface area (Å²) in [5.74, 6) is 0.000448. The van der Waals surface area contributed by atoms with Crippen LogP contribution >= 0.6 is 0 Å². The molecule has 0 bridgehead atoms. The highest BCUT2D eigenvalue weighted by atomic mass is 16.5. The molecule has 0 aromatic carbocycles. The van der Waals surface area contributed by atoms with Crippen LogP contribution in [0.5, 0.6) is 0 Å². The van der Waals surface area contributed by atoms with Crippen molar-refractivity contribution in [3.05, 3.63) is 0 Å². The highest BCUT2D eigenvalue weighted by Gasteiger charge is 2.20. The van der Waals surface area contributed by atoms with E-state index in [1.807, 2.05) is 0 Å². The Morgan fingerprint density at radius 2 is 0.506 bits per heavy atom. The molecular formula is C75H149NO5. The van der Waals surface area contributed by atoms with Crippen LogP contribution in [0.25, 0.3) is 0 Å². The van der Waals surface area contributed by atoms with Crippen molar-refractivity contribution in [3.63, 3.8) is 0 Å². The van der Waals surface area contributed by atoms with Gasteiger partial charge in [-0.25, -0.2) is 0 Å². The van der Waals surface area contributed by atoms with E-state index < -0.39 is 12.1 Å². The van der Waals surface area contributed by atoms with Crippen molar-refractivity contribution in [1.82, 2.24) is 5.32 Å². The summed E-state index contributed by atoms with van der Waals surface area (Å²) in [5.41, 5.74) is 0. The highest BCUT2D eigenvalue weighted by Crippen LogP contribution is 2.20. The van der Waals surface area contributed by atoms with E-state index in [2.05, 4.69) is 19.2 Å². The van der Waals surface area contributed by atoms with Crippen molar-refractivity contribution >= 4 is 11.9 Å². The maximum Gasteiger partial charge on any atom is 0.305 e. The van der Waals surface area contributed by atoms with Crippen LogP contribution in [0.1, 0.15) is 444 Å². The molecule has 2 atom stereocenters. The summed E-state index contributed by atoms with van der Waals surface area (Å²) in [6.45, 7) is 4.99. The van der Waals surface area contributed by atoms with Gasteiger partial charge in [-0.2, -0.15) is 0 Å². The van der Waals surface area contributed by atoms with Crippen molar-refractivity contribution in [3.8, 4) is 0 Å². The van der Waals surface area contributed by atoms with Crippen molar-refractivity contribution in [2.45, 2.75) is 456 Å². The average Bonchev–Trinajstić information content (AvgIpc) is 3.47. The van der Waals surface area contributed by atoms with Gasteiger partial charge in [0.2, 0.25) is 5.91 Å². The molecule has 2 unspecified atom stereocenters. The predicted octanol–water partition coefficient (Wildman–Crippen LogP) is 24.5. The first kappa shape index (κ1) is 79.9. The Labute approximate surface area is 508 Å². The standard InChI is InChI=1S/C75H149NO5/c1-3-5-7-9-11-13-15-16-17-39-43-46-49-53-57-61-65-69-75(80)81-70-66-62-58-54-50-47-44-41-38-36-34-32-30-28-26-24-22-20-18-19-21-23-25-27-29-31-33-35-37-40-42-45-48-52-56-60-64-68-74(79)76-72(71-77)73(78)67-63-59-55-51-14-12-10-8-6-4-2/h72-73,77-78H,3-71H2,1-2H3,(H,76,79). The quantitative estimate of drug-likeness (QED) is 0.0417. The zero-order valence-electron chi connectivity index (χ0n) is 55.6. The normalized spacial score (nSPS) is 12.4. The number of aliphatic hydroxyl groups excluding tert-OH is 2. The second-order valence-electron chi connectivity index (χ2n) is 26.4. The van der Waals surface area contributed by atoms with Gasteiger partial charge in [-0.15, -0.1) is 0 Å². The van der Waals surface area contributed by atoms with Gasteiger partial charge in [0.05, 0.1) is 25.4 Å². The van der Waals surface area contributed by atoms with Gasteiger partial charge in [-0.3, -0.25) is 9.59 Å². The third-order valence-electron chi connectivity index (χ3n) is 18.2. The van der Waals surface area contributed by atoms with E-state index in [0.717, 1.165) is 38.5 Å². The maximum absolute atomic E-state index is 12.5. The summed E-state index contributed by atoms with van der Waals surface area (Å²) in [5, 5.41) is 23.2. The van der Waals surface area contributed by atoms with E-state index in [1.165, 1.54) is 372 Å². The Morgan fingerprint density at radius 1 is 0.296 bits per heavy atom. The van der Waals surface area contributed by atoms with Crippen LogP contribution < -0.4 is 5.32 Å². The van der Waals surface area contributed by atoms with Gasteiger partial charge in [0, 0.05) is 12.8 Å². The van der Waals surface area contributed by atoms with E-state index in [1.54, 1.807) is 0 Å². The molecule has 0 heterocycles. The molecule has 0 fully saturated rings. The van der Waals surface area contributed by atoms with Crippen LogP contribution in [0.2, 0.25) is 0 Å². The number of carbonyl (C=O) groups is 2. The van der Waals surface area contributed by atoms with Crippen molar-refractivity contribution in [2.75, 3.05) is 13.2 Å². The number of carbonyl (C=O) groups excluding carboxylic acids is 2. The Kier molecular flexibility index (Phi) is 70.3. The Hall–Kier alpha value is -1.14. The minimum atomic E-state index is -0.657. The average molecular weight is 1150 g/mol. The summed E-state index contributed by atoms with van der Waals surface area (Å²) in [7, 11) is 0. The second-order valence-corrected chi connectivity index (χ2v) is 26.4. The molecular weight excluding hydrogens is 995 g/mol. The highest BCUT2D eigenvalue weighted by molar-refractivity contribution is 5.76. The molecule has 484 valence electrons. The van der Waals surface area contributed by atoms with Crippen LogP contribution in [0.4, 0.5) is 0 Å².